The van der Waals surface area contributed by atoms with E-state index in [4.69, 9.17) is 0 Å². The maximum atomic E-state index is 13.3. The molecule has 1 amide bonds. The smallest absolute Gasteiger partial charge is 0.243 e. The lowest BCUT2D eigenvalue weighted by Crippen LogP contribution is -2.51. The number of nitro groups is 1. The zero-order valence-corrected chi connectivity index (χ0v) is 13.8. The second-order valence-corrected chi connectivity index (χ2v) is 7.94. The Morgan fingerprint density at radius 1 is 1.16 bits per heavy atom. The van der Waals surface area contributed by atoms with Crippen molar-refractivity contribution in [3.05, 3.63) is 39.9 Å². The highest BCUT2D eigenvalue weighted by atomic mass is 32.2. The van der Waals surface area contributed by atoms with Crippen molar-refractivity contribution in [3.63, 3.8) is 0 Å². The van der Waals surface area contributed by atoms with Crippen LogP contribution in [0.4, 0.5) is 8.78 Å². The van der Waals surface area contributed by atoms with Gasteiger partial charge >= 0.3 is 0 Å². The third kappa shape index (κ3) is 3.33. The van der Waals surface area contributed by atoms with Gasteiger partial charge in [0.2, 0.25) is 22.0 Å². The molecule has 1 saturated carbocycles. The van der Waals surface area contributed by atoms with Gasteiger partial charge in [-0.15, -0.1) is 0 Å². The van der Waals surface area contributed by atoms with E-state index in [-0.39, 0.29) is 43.4 Å². The van der Waals surface area contributed by atoms with Crippen LogP contribution in [0.3, 0.4) is 0 Å². The second-order valence-electron chi connectivity index (χ2n) is 6.00. The van der Waals surface area contributed by atoms with Crippen LogP contribution in [0.1, 0.15) is 6.42 Å². The summed E-state index contributed by atoms with van der Waals surface area (Å²) in [5, 5.41) is 10.6. The minimum Gasteiger partial charge on any atom is -0.340 e. The average Bonchev–Trinajstić information content (AvgIpc) is 3.37. The molecule has 1 heterocycles. The van der Waals surface area contributed by atoms with Crippen LogP contribution in [0, 0.1) is 27.7 Å². The Bertz CT molecular complexity index is 824. The molecule has 0 spiro atoms. The first-order valence-corrected chi connectivity index (χ1v) is 9.03. The van der Waals surface area contributed by atoms with Crippen molar-refractivity contribution in [1.29, 1.82) is 0 Å². The number of hydrogen-bond donors (Lipinski definition) is 0. The minimum atomic E-state index is -4.00. The third-order valence-electron chi connectivity index (χ3n) is 4.42. The first kappa shape index (κ1) is 17.7. The van der Waals surface area contributed by atoms with Gasteiger partial charge in [0.05, 0.1) is 4.90 Å². The fourth-order valence-electron chi connectivity index (χ4n) is 2.85. The van der Waals surface area contributed by atoms with Gasteiger partial charge in [0.25, 0.3) is 0 Å². The molecule has 1 saturated heterocycles. The molecule has 3 rings (SSSR count). The van der Waals surface area contributed by atoms with Crippen LogP contribution in [0.2, 0.25) is 0 Å². The fourth-order valence-corrected chi connectivity index (χ4v) is 4.28. The maximum absolute atomic E-state index is 13.3. The van der Waals surface area contributed by atoms with Gasteiger partial charge < -0.3 is 4.90 Å². The molecule has 1 aromatic rings. The molecule has 25 heavy (non-hydrogen) atoms. The molecule has 11 heteroatoms. The van der Waals surface area contributed by atoms with Crippen LogP contribution in [-0.2, 0) is 14.8 Å². The number of carbonyl (C=O) groups is 1. The van der Waals surface area contributed by atoms with Crippen molar-refractivity contribution in [3.8, 4) is 0 Å². The average molecular weight is 375 g/mol. The number of amides is 1. The summed E-state index contributed by atoms with van der Waals surface area (Å²) >= 11 is 0. The van der Waals surface area contributed by atoms with Crippen LogP contribution in [0.25, 0.3) is 0 Å². The third-order valence-corrected chi connectivity index (χ3v) is 6.32. The lowest BCUT2D eigenvalue weighted by molar-refractivity contribution is -0.497. The predicted molar refractivity (Wildman–Crippen MR) is 80.6 cm³/mol. The molecule has 2 atom stereocenters. The SMILES string of the molecule is O=C([C@H]1C[C@@H]1[N+](=O)[O-])N1CCN(S(=O)(=O)c2ccc(F)c(F)c2)CC1. The first-order valence-electron chi connectivity index (χ1n) is 7.59. The van der Waals surface area contributed by atoms with Gasteiger partial charge in [-0.1, -0.05) is 0 Å². The molecule has 1 aliphatic carbocycles. The van der Waals surface area contributed by atoms with Gasteiger partial charge in [-0.2, -0.15) is 4.31 Å². The summed E-state index contributed by atoms with van der Waals surface area (Å²) in [6.07, 6.45) is 0.208. The Labute approximate surface area is 142 Å². The van der Waals surface area contributed by atoms with Crippen molar-refractivity contribution >= 4 is 15.9 Å². The van der Waals surface area contributed by atoms with Crippen LogP contribution in [0.15, 0.2) is 23.1 Å². The van der Waals surface area contributed by atoms with Gasteiger partial charge in [-0.3, -0.25) is 14.9 Å². The number of nitrogens with zero attached hydrogens (tertiary/aromatic N) is 3. The largest absolute Gasteiger partial charge is 0.340 e. The summed E-state index contributed by atoms with van der Waals surface area (Å²) in [5.74, 6) is -3.37. The standard InChI is InChI=1S/C14H15F2N3O5S/c15-11-2-1-9(7-12(11)16)25(23,24)18-5-3-17(4-6-18)14(20)10-8-13(10)19(21)22/h1-2,7,10,13H,3-6,8H2/t10-,13-/m0/s1. The Kier molecular flexibility index (Phi) is 4.45. The number of hydrogen-bond acceptors (Lipinski definition) is 5. The molecule has 1 aliphatic heterocycles. The van der Waals surface area contributed by atoms with E-state index in [2.05, 4.69) is 0 Å². The monoisotopic (exact) mass is 375 g/mol. The molecule has 0 radical (unpaired) electrons. The molecule has 0 aromatic heterocycles. The zero-order valence-electron chi connectivity index (χ0n) is 13.0. The van der Waals surface area contributed by atoms with Crippen LogP contribution < -0.4 is 0 Å². The van der Waals surface area contributed by atoms with Gasteiger partial charge in [-0.25, -0.2) is 17.2 Å². The zero-order chi connectivity index (χ0) is 18.4. The first-order chi connectivity index (χ1) is 11.7. The lowest BCUT2D eigenvalue weighted by Gasteiger charge is -2.34. The second kappa shape index (κ2) is 6.30. The molecule has 8 nitrogen and oxygen atoms in total. The molecule has 0 unspecified atom stereocenters. The van der Waals surface area contributed by atoms with E-state index in [1.54, 1.807) is 0 Å². The predicted octanol–water partition coefficient (Wildman–Crippen LogP) is 0.463. The Balaban J connectivity index is 1.64. The topological polar surface area (TPSA) is 101 Å². The summed E-state index contributed by atoms with van der Waals surface area (Å²) in [5.41, 5.74) is 0. The summed E-state index contributed by atoms with van der Waals surface area (Å²) in [4.78, 5) is 23.4. The number of piperazine rings is 1. The van der Waals surface area contributed by atoms with Crippen molar-refractivity contribution in [1.82, 2.24) is 9.21 Å². The van der Waals surface area contributed by atoms with Crippen molar-refractivity contribution in [2.75, 3.05) is 26.2 Å². The van der Waals surface area contributed by atoms with Crippen LogP contribution >= 0.6 is 0 Å². The summed E-state index contributed by atoms with van der Waals surface area (Å²) < 4.78 is 52.2. The Hall–Kier alpha value is -2.14. The van der Waals surface area contributed by atoms with Gasteiger partial charge in [-0.05, 0) is 18.2 Å². The number of halogens is 2. The molecule has 136 valence electrons. The van der Waals surface area contributed by atoms with E-state index >= 15 is 0 Å². The molecule has 0 bridgehead atoms. The van der Waals surface area contributed by atoms with E-state index in [0.29, 0.717) is 6.07 Å². The van der Waals surface area contributed by atoms with Gasteiger partial charge in [0.15, 0.2) is 11.6 Å². The highest BCUT2D eigenvalue weighted by Gasteiger charge is 2.54. The van der Waals surface area contributed by atoms with Crippen LogP contribution in [-0.4, -0.2) is 60.7 Å². The van der Waals surface area contributed by atoms with E-state index in [0.717, 1.165) is 16.4 Å². The van der Waals surface area contributed by atoms with Gasteiger partial charge in [0, 0.05) is 37.5 Å². The highest BCUT2D eigenvalue weighted by Crippen LogP contribution is 2.35. The van der Waals surface area contributed by atoms with Crippen molar-refractivity contribution in [2.45, 2.75) is 17.4 Å². The minimum absolute atomic E-state index is 0.0110. The van der Waals surface area contributed by atoms with E-state index in [1.807, 2.05) is 0 Å². The Morgan fingerprint density at radius 3 is 2.32 bits per heavy atom. The number of benzene rings is 1. The van der Waals surface area contributed by atoms with Crippen molar-refractivity contribution in [2.24, 2.45) is 5.92 Å². The number of rotatable bonds is 4. The highest BCUT2D eigenvalue weighted by molar-refractivity contribution is 7.89. The van der Waals surface area contributed by atoms with Gasteiger partial charge in [0.1, 0.15) is 5.92 Å². The summed E-state index contributed by atoms with van der Waals surface area (Å²) in [7, 11) is -4.00. The number of carbonyl (C=O) groups excluding carboxylic acids is 1. The fraction of sp³-hybridized carbons (Fsp3) is 0.500. The Morgan fingerprint density at radius 2 is 1.80 bits per heavy atom. The molecule has 1 aromatic carbocycles. The normalized spacial score (nSPS) is 24.2. The van der Waals surface area contributed by atoms with E-state index in [1.165, 1.54) is 4.90 Å². The van der Waals surface area contributed by atoms with Crippen molar-refractivity contribution < 1.29 is 26.9 Å². The van der Waals surface area contributed by atoms with E-state index < -0.39 is 38.5 Å². The lowest BCUT2D eigenvalue weighted by atomic mass is 10.3. The quantitative estimate of drug-likeness (QED) is 0.562. The molecule has 2 aliphatic rings. The van der Waals surface area contributed by atoms with E-state index in [9.17, 15) is 32.1 Å². The summed E-state index contributed by atoms with van der Waals surface area (Å²) in [6, 6.07) is 1.49. The number of sulfonamides is 1. The molecule has 0 N–H and O–H groups in total. The molecular formula is C14H15F2N3O5S. The van der Waals surface area contributed by atoms with Crippen LogP contribution in [0.5, 0.6) is 0 Å². The molecular weight excluding hydrogens is 360 g/mol. The summed E-state index contributed by atoms with van der Waals surface area (Å²) in [6.45, 7) is 0.178. The molecule has 2 fully saturated rings. The maximum Gasteiger partial charge on any atom is 0.243 e.